The largest absolute Gasteiger partial charge is 0.343 e. The van der Waals surface area contributed by atoms with Gasteiger partial charge in [0.05, 0.1) is 11.1 Å². The zero-order valence-corrected chi connectivity index (χ0v) is 12.5. The molecule has 3 heterocycles. The number of aromatic nitrogens is 4. The minimum Gasteiger partial charge on any atom is -0.343 e. The average Bonchev–Trinajstić information content (AvgIpc) is 3.13. The predicted molar refractivity (Wildman–Crippen MR) is 81.5 cm³/mol. The number of rotatable bonds is 2. The third-order valence-corrected chi connectivity index (χ3v) is 5.37. The molecule has 0 fully saturated rings. The summed E-state index contributed by atoms with van der Waals surface area (Å²) in [5.74, 6) is 0. The molecule has 0 saturated heterocycles. The second kappa shape index (κ2) is 4.41. The van der Waals surface area contributed by atoms with Crippen LogP contribution < -0.4 is 0 Å². The minimum absolute atomic E-state index is 0.198. The molecule has 0 atom stereocenters. The van der Waals surface area contributed by atoms with Crippen LogP contribution in [0, 0.1) is 6.92 Å². The Morgan fingerprint density at radius 3 is 2.91 bits per heavy atom. The number of nitrogens with one attached hydrogen (secondary N) is 1. The second-order valence-electron chi connectivity index (χ2n) is 5.08. The van der Waals surface area contributed by atoms with Gasteiger partial charge in [-0.05, 0) is 24.6 Å². The van der Waals surface area contributed by atoms with Gasteiger partial charge >= 0.3 is 0 Å². The Bertz CT molecular complexity index is 1110. The molecule has 0 aliphatic carbocycles. The van der Waals surface area contributed by atoms with Crippen molar-refractivity contribution in [1.29, 1.82) is 0 Å². The van der Waals surface area contributed by atoms with Gasteiger partial charge in [0.2, 0.25) is 9.84 Å². The van der Waals surface area contributed by atoms with Crippen LogP contribution in [-0.4, -0.2) is 27.8 Å². The summed E-state index contributed by atoms with van der Waals surface area (Å²) in [5.41, 5.74) is 2.52. The molecule has 1 aromatic carbocycles. The van der Waals surface area contributed by atoms with Gasteiger partial charge in [0.25, 0.3) is 0 Å². The van der Waals surface area contributed by atoms with E-state index in [1.807, 2.05) is 13.0 Å². The number of H-pyrrole nitrogens is 1. The second-order valence-corrected chi connectivity index (χ2v) is 7.00. The number of aromatic amines is 1. The van der Waals surface area contributed by atoms with Gasteiger partial charge < -0.3 is 4.98 Å². The fourth-order valence-corrected chi connectivity index (χ4v) is 4.07. The number of imidazole rings is 1. The summed E-state index contributed by atoms with van der Waals surface area (Å²) in [6.07, 6.45) is 6.42. The summed E-state index contributed by atoms with van der Waals surface area (Å²) in [6, 6.07) is 6.87. The highest BCUT2D eigenvalue weighted by Crippen LogP contribution is 2.28. The van der Waals surface area contributed by atoms with Crippen LogP contribution in [0.4, 0.5) is 0 Å². The summed E-state index contributed by atoms with van der Waals surface area (Å²) < 4.78 is 27.6. The lowest BCUT2D eigenvalue weighted by Gasteiger charge is -2.05. The van der Waals surface area contributed by atoms with Crippen LogP contribution in [0.2, 0.25) is 0 Å². The predicted octanol–water partition coefficient (Wildman–Crippen LogP) is 2.35. The molecule has 0 saturated carbocycles. The molecule has 6 nitrogen and oxygen atoms in total. The van der Waals surface area contributed by atoms with E-state index in [-0.39, 0.29) is 9.79 Å². The lowest BCUT2D eigenvalue weighted by atomic mass is 10.2. The molecular formula is C15H12N4O2S. The maximum atomic E-state index is 12.9. The summed E-state index contributed by atoms with van der Waals surface area (Å²) in [4.78, 5) is 11.8. The van der Waals surface area contributed by atoms with Crippen molar-refractivity contribution >= 4 is 26.6 Å². The van der Waals surface area contributed by atoms with Crippen molar-refractivity contribution in [3.63, 3.8) is 0 Å². The van der Waals surface area contributed by atoms with Crippen molar-refractivity contribution in [1.82, 2.24) is 19.4 Å². The molecule has 0 aliphatic heterocycles. The van der Waals surface area contributed by atoms with E-state index < -0.39 is 9.84 Å². The monoisotopic (exact) mass is 312 g/mol. The number of benzene rings is 1. The summed E-state index contributed by atoms with van der Waals surface area (Å²) in [6.45, 7) is 1.86. The van der Waals surface area contributed by atoms with Crippen LogP contribution in [0.5, 0.6) is 0 Å². The van der Waals surface area contributed by atoms with Gasteiger partial charge in [-0.2, -0.15) is 0 Å². The molecule has 110 valence electrons. The maximum absolute atomic E-state index is 12.9. The SMILES string of the molecule is Cc1cccc(S(=O)(=O)c2c[nH]c3ncc4nccn4c23)c1. The van der Waals surface area contributed by atoms with Gasteiger partial charge in [-0.1, -0.05) is 12.1 Å². The lowest BCUT2D eigenvalue weighted by Crippen LogP contribution is -2.03. The quantitative estimate of drug-likeness (QED) is 0.616. The molecule has 1 N–H and O–H groups in total. The molecular weight excluding hydrogens is 300 g/mol. The molecule has 3 aromatic heterocycles. The number of fused-ring (bicyclic) bond motifs is 3. The van der Waals surface area contributed by atoms with Crippen molar-refractivity contribution in [2.45, 2.75) is 16.7 Å². The van der Waals surface area contributed by atoms with Gasteiger partial charge in [0, 0.05) is 18.6 Å². The Balaban J connectivity index is 2.07. The summed E-state index contributed by atoms with van der Waals surface area (Å²) >= 11 is 0. The Labute approximate surface area is 126 Å². The molecule has 0 bridgehead atoms. The Morgan fingerprint density at radius 1 is 1.23 bits per heavy atom. The Kier molecular flexibility index (Phi) is 2.61. The highest BCUT2D eigenvalue weighted by molar-refractivity contribution is 7.91. The lowest BCUT2D eigenvalue weighted by molar-refractivity contribution is 0.596. The fraction of sp³-hybridized carbons (Fsp3) is 0.0667. The van der Waals surface area contributed by atoms with Crippen LogP contribution >= 0.6 is 0 Å². The van der Waals surface area contributed by atoms with E-state index in [1.165, 1.54) is 6.20 Å². The van der Waals surface area contributed by atoms with Gasteiger partial charge in [0.15, 0.2) is 11.3 Å². The van der Waals surface area contributed by atoms with E-state index in [0.717, 1.165) is 5.56 Å². The van der Waals surface area contributed by atoms with Crippen LogP contribution in [-0.2, 0) is 9.84 Å². The standard InChI is InChI=1S/C15H12N4O2S/c1-10-3-2-4-11(7-10)22(20,21)12-8-17-15-14(12)19-6-5-16-13(19)9-18-15/h2-9,17H,1H3. The molecule has 0 amide bonds. The van der Waals surface area contributed by atoms with Crippen LogP contribution in [0.3, 0.4) is 0 Å². The van der Waals surface area contributed by atoms with E-state index in [9.17, 15) is 8.42 Å². The highest BCUT2D eigenvalue weighted by atomic mass is 32.2. The van der Waals surface area contributed by atoms with E-state index in [2.05, 4.69) is 15.0 Å². The first-order valence-corrected chi connectivity index (χ1v) is 8.16. The van der Waals surface area contributed by atoms with E-state index in [0.29, 0.717) is 16.8 Å². The zero-order valence-electron chi connectivity index (χ0n) is 11.7. The van der Waals surface area contributed by atoms with E-state index in [4.69, 9.17) is 0 Å². The van der Waals surface area contributed by atoms with Gasteiger partial charge in [-0.15, -0.1) is 0 Å². The van der Waals surface area contributed by atoms with Crippen LogP contribution in [0.1, 0.15) is 5.56 Å². The first kappa shape index (κ1) is 13.0. The third kappa shape index (κ3) is 1.75. The van der Waals surface area contributed by atoms with E-state index in [1.54, 1.807) is 41.2 Å². The number of sulfone groups is 1. The molecule has 4 rings (SSSR count). The molecule has 22 heavy (non-hydrogen) atoms. The first-order valence-electron chi connectivity index (χ1n) is 6.68. The van der Waals surface area contributed by atoms with Crippen molar-refractivity contribution in [2.24, 2.45) is 0 Å². The van der Waals surface area contributed by atoms with Crippen molar-refractivity contribution in [3.05, 3.63) is 54.6 Å². The average molecular weight is 312 g/mol. The number of aryl methyl sites for hydroxylation is 1. The van der Waals surface area contributed by atoms with Gasteiger partial charge in [-0.25, -0.2) is 18.4 Å². The topological polar surface area (TPSA) is 80.1 Å². The smallest absolute Gasteiger partial charge is 0.210 e. The normalized spacial score (nSPS) is 12.2. The minimum atomic E-state index is -3.63. The zero-order chi connectivity index (χ0) is 15.3. The molecule has 0 unspecified atom stereocenters. The van der Waals surface area contributed by atoms with Crippen molar-refractivity contribution in [2.75, 3.05) is 0 Å². The van der Waals surface area contributed by atoms with Gasteiger partial charge in [-0.3, -0.25) is 4.40 Å². The number of nitrogens with zero attached hydrogens (tertiary/aromatic N) is 3. The van der Waals surface area contributed by atoms with Crippen LogP contribution in [0.15, 0.2) is 58.8 Å². The number of hydrogen-bond donors (Lipinski definition) is 1. The third-order valence-electron chi connectivity index (χ3n) is 3.61. The Morgan fingerprint density at radius 2 is 2.09 bits per heavy atom. The summed E-state index contributed by atoms with van der Waals surface area (Å²) in [5, 5.41) is 0. The summed E-state index contributed by atoms with van der Waals surface area (Å²) in [7, 11) is -3.63. The highest BCUT2D eigenvalue weighted by Gasteiger charge is 2.24. The fourth-order valence-electron chi connectivity index (χ4n) is 2.55. The van der Waals surface area contributed by atoms with Crippen LogP contribution in [0.25, 0.3) is 16.8 Å². The van der Waals surface area contributed by atoms with Gasteiger partial charge in [0.1, 0.15) is 10.4 Å². The molecule has 4 aromatic rings. The molecule has 0 radical (unpaired) electrons. The molecule has 0 aliphatic rings. The Hall–Kier alpha value is -2.67. The first-order chi connectivity index (χ1) is 10.6. The van der Waals surface area contributed by atoms with Crippen molar-refractivity contribution in [3.8, 4) is 0 Å². The van der Waals surface area contributed by atoms with E-state index >= 15 is 0 Å². The molecule has 0 spiro atoms. The number of hydrogen-bond acceptors (Lipinski definition) is 4. The van der Waals surface area contributed by atoms with Crippen molar-refractivity contribution < 1.29 is 8.42 Å². The molecule has 7 heteroatoms. The maximum Gasteiger partial charge on any atom is 0.210 e.